The van der Waals surface area contributed by atoms with Crippen LogP contribution in [0.2, 0.25) is 0 Å². The topological polar surface area (TPSA) is 78.4 Å². The van der Waals surface area contributed by atoms with E-state index in [1.165, 1.54) is 12.1 Å². The molecule has 1 aromatic carbocycles. The number of amides is 2. The highest BCUT2D eigenvalue weighted by molar-refractivity contribution is 5.93. The standard InChI is InChI=1S/C12H12F4N2O3/c1-6-2-3-7(9(19)20)4-8(6)18-11(21)17-5-12(15,16)10(13)14/h2-4,10H,5H2,1H3,(H,19,20)(H2,17,18,21). The van der Waals surface area contributed by atoms with Crippen molar-refractivity contribution in [3.05, 3.63) is 29.3 Å². The van der Waals surface area contributed by atoms with Crippen LogP contribution in [0.4, 0.5) is 28.0 Å². The molecule has 0 radical (unpaired) electrons. The van der Waals surface area contributed by atoms with Gasteiger partial charge in [-0.3, -0.25) is 0 Å². The molecule has 0 aliphatic heterocycles. The second-order valence-electron chi connectivity index (χ2n) is 4.20. The van der Waals surface area contributed by atoms with Gasteiger partial charge in [-0.15, -0.1) is 0 Å². The fourth-order valence-corrected chi connectivity index (χ4v) is 1.33. The van der Waals surface area contributed by atoms with E-state index in [0.717, 1.165) is 6.07 Å². The summed E-state index contributed by atoms with van der Waals surface area (Å²) in [6, 6.07) is 2.70. The third kappa shape index (κ3) is 4.62. The lowest BCUT2D eigenvalue weighted by Crippen LogP contribution is -2.43. The Kier molecular flexibility index (Phi) is 5.12. The van der Waals surface area contributed by atoms with Crippen LogP contribution >= 0.6 is 0 Å². The van der Waals surface area contributed by atoms with Crippen LogP contribution in [0, 0.1) is 6.92 Å². The van der Waals surface area contributed by atoms with Gasteiger partial charge in [0.25, 0.3) is 0 Å². The molecule has 0 fully saturated rings. The van der Waals surface area contributed by atoms with Gasteiger partial charge in [0, 0.05) is 5.69 Å². The van der Waals surface area contributed by atoms with E-state index in [9.17, 15) is 27.2 Å². The first-order chi connectivity index (χ1) is 9.63. The average molecular weight is 308 g/mol. The number of anilines is 1. The van der Waals surface area contributed by atoms with Crippen molar-refractivity contribution < 1.29 is 32.3 Å². The van der Waals surface area contributed by atoms with E-state index in [1.54, 1.807) is 12.2 Å². The van der Waals surface area contributed by atoms with E-state index in [0.29, 0.717) is 5.56 Å². The zero-order valence-electron chi connectivity index (χ0n) is 10.8. The van der Waals surface area contributed by atoms with Gasteiger partial charge >= 0.3 is 24.3 Å². The van der Waals surface area contributed by atoms with Gasteiger partial charge in [0.05, 0.1) is 12.1 Å². The molecule has 0 saturated heterocycles. The molecule has 0 aromatic heterocycles. The average Bonchev–Trinajstić information content (AvgIpc) is 2.38. The number of hydrogen-bond donors (Lipinski definition) is 3. The summed E-state index contributed by atoms with van der Waals surface area (Å²) < 4.78 is 49.1. The minimum atomic E-state index is -4.34. The van der Waals surface area contributed by atoms with E-state index in [1.807, 2.05) is 0 Å². The third-order valence-corrected chi connectivity index (χ3v) is 2.54. The summed E-state index contributed by atoms with van der Waals surface area (Å²) in [6.07, 6.45) is -3.89. The van der Waals surface area contributed by atoms with Crippen molar-refractivity contribution in [2.45, 2.75) is 19.3 Å². The van der Waals surface area contributed by atoms with Crippen molar-refractivity contribution >= 4 is 17.7 Å². The zero-order chi connectivity index (χ0) is 16.2. The number of aryl methyl sites for hydroxylation is 1. The molecule has 0 aliphatic rings. The van der Waals surface area contributed by atoms with Crippen molar-refractivity contribution in [3.63, 3.8) is 0 Å². The Morgan fingerprint density at radius 2 is 1.95 bits per heavy atom. The lowest BCUT2D eigenvalue weighted by molar-refractivity contribution is -0.123. The van der Waals surface area contributed by atoms with Crippen molar-refractivity contribution in [1.29, 1.82) is 0 Å². The fourth-order valence-electron chi connectivity index (χ4n) is 1.33. The molecule has 116 valence electrons. The second-order valence-corrected chi connectivity index (χ2v) is 4.20. The summed E-state index contributed by atoms with van der Waals surface area (Å²) >= 11 is 0. The summed E-state index contributed by atoms with van der Waals surface area (Å²) in [7, 11) is 0. The van der Waals surface area contributed by atoms with Crippen molar-refractivity contribution in [3.8, 4) is 0 Å². The molecule has 9 heteroatoms. The van der Waals surface area contributed by atoms with Gasteiger partial charge in [-0.2, -0.15) is 8.78 Å². The van der Waals surface area contributed by atoms with Gasteiger partial charge in [0.1, 0.15) is 0 Å². The maximum Gasteiger partial charge on any atom is 0.335 e. The van der Waals surface area contributed by atoms with Crippen LogP contribution in [0.25, 0.3) is 0 Å². The van der Waals surface area contributed by atoms with Crippen molar-refractivity contribution in [1.82, 2.24) is 5.32 Å². The quantitative estimate of drug-likeness (QED) is 0.732. The predicted octanol–water partition coefficient (Wildman–Crippen LogP) is 2.72. The van der Waals surface area contributed by atoms with Crippen LogP contribution in [0.3, 0.4) is 0 Å². The number of urea groups is 1. The molecule has 1 aromatic rings. The van der Waals surface area contributed by atoms with Crippen LogP contribution in [0.1, 0.15) is 15.9 Å². The fraction of sp³-hybridized carbons (Fsp3) is 0.333. The first-order valence-corrected chi connectivity index (χ1v) is 5.68. The number of benzene rings is 1. The van der Waals surface area contributed by atoms with Gasteiger partial charge < -0.3 is 15.7 Å². The summed E-state index contributed by atoms with van der Waals surface area (Å²) in [5.74, 6) is -5.57. The van der Waals surface area contributed by atoms with Crippen LogP contribution in [-0.2, 0) is 0 Å². The third-order valence-electron chi connectivity index (χ3n) is 2.54. The minimum absolute atomic E-state index is 0.0766. The molecule has 0 spiro atoms. The van der Waals surface area contributed by atoms with Crippen LogP contribution in [0.5, 0.6) is 0 Å². The Labute approximate surface area is 117 Å². The van der Waals surface area contributed by atoms with Crippen LogP contribution < -0.4 is 10.6 Å². The molecule has 0 unspecified atom stereocenters. The monoisotopic (exact) mass is 308 g/mol. The summed E-state index contributed by atoms with van der Waals surface area (Å²) in [4.78, 5) is 22.1. The first-order valence-electron chi connectivity index (χ1n) is 5.68. The number of carboxylic acids is 1. The maximum atomic E-state index is 12.6. The Hall–Kier alpha value is -2.32. The maximum absolute atomic E-state index is 12.6. The number of carbonyl (C=O) groups is 2. The minimum Gasteiger partial charge on any atom is -0.478 e. The summed E-state index contributed by atoms with van der Waals surface area (Å²) in [5.41, 5.74) is 0.442. The molecule has 1 rings (SSSR count). The number of carbonyl (C=O) groups excluding carboxylic acids is 1. The first kappa shape index (κ1) is 16.7. The molecule has 5 nitrogen and oxygen atoms in total. The molecule has 2 amide bonds. The highest BCUT2D eigenvalue weighted by atomic mass is 19.3. The molecular formula is C12H12F4N2O3. The predicted molar refractivity (Wildman–Crippen MR) is 66.1 cm³/mol. The van der Waals surface area contributed by atoms with Gasteiger partial charge in [-0.05, 0) is 24.6 Å². The molecule has 3 N–H and O–H groups in total. The number of rotatable bonds is 5. The second kappa shape index (κ2) is 6.42. The highest BCUT2D eigenvalue weighted by Gasteiger charge is 2.40. The summed E-state index contributed by atoms with van der Waals surface area (Å²) in [6.45, 7) is 0.0170. The molecule has 0 heterocycles. The Morgan fingerprint density at radius 3 is 2.48 bits per heavy atom. The van der Waals surface area contributed by atoms with E-state index in [-0.39, 0.29) is 11.3 Å². The Balaban J connectivity index is 2.71. The van der Waals surface area contributed by atoms with Gasteiger partial charge in [-0.1, -0.05) is 6.07 Å². The van der Waals surface area contributed by atoms with Crippen LogP contribution in [0.15, 0.2) is 18.2 Å². The van der Waals surface area contributed by atoms with Gasteiger partial charge in [0.15, 0.2) is 0 Å². The number of aromatic carboxylic acids is 1. The molecule has 21 heavy (non-hydrogen) atoms. The molecule has 0 bridgehead atoms. The number of hydrogen-bond acceptors (Lipinski definition) is 2. The smallest absolute Gasteiger partial charge is 0.335 e. The molecule has 0 atom stereocenters. The Bertz CT molecular complexity index is 549. The van der Waals surface area contributed by atoms with Gasteiger partial charge in [0.2, 0.25) is 0 Å². The van der Waals surface area contributed by atoms with E-state index < -0.39 is 30.9 Å². The Morgan fingerprint density at radius 1 is 1.33 bits per heavy atom. The lowest BCUT2D eigenvalue weighted by atomic mass is 10.1. The number of alkyl halides is 4. The number of halogens is 4. The van der Waals surface area contributed by atoms with Gasteiger partial charge in [-0.25, -0.2) is 18.4 Å². The van der Waals surface area contributed by atoms with E-state index in [4.69, 9.17) is 5.11 Å². The largest absolute Gasteiger partial charge is 0.478 e. The normalized spacial score (nSPS) is 11.3. The zero-order valence-corrected chi connectivity index (χ0v) is 10.8. The summed E-state index contributed by atoms with van der Waals surface area (Å²) in [5, 5.41) is 12.5. The lowest BCUT2D eigenvalue weighted by Gasteiger charge is -2.16. The molecular weight excluding hydrogens is 296 g/mol. The number of carboxylic acid groups (broad SMARTS) is 1. The SMILES string of the molecule is Cc1ccc(C(=O)O)cc1NC(=O)NCC(F)(F)C(F)F. The van der Waals surface area contributed by atoms with E-state index >= 15 is 0 Å². The highest BCUT2D eigenvalue weighted by Crippen LogP contribution is 2.21. The van der Waals surface area contributed by atoms with Crippen molar-refractivity contribution in [2.75, 3.05) is 11.9 Å². The van der Waals surface area contributed by atoms with Crippen molar-refractivity contribution in [2.24, 2.45) is 0 Å². The molecule has 0 aliphatic carbocycles. The molecule has 0 saturated carbocycles. The number of nitrogens with one attached hydrogen (secondary N) is 2. The van der Waals surface area contributed by atoms with Crippen LogP contribution in [-0.4, -0.2) is 36.0 Å². The van der Waals surface area contributed by atoms with E-state index in [2.05, 4.69) is 5.32 Å².